The smallest absolute Gasteiger partial charge is 0.335 e. The number of hydrogen-bond donors (Lipinski definition) is 4. The number of aliphatic hydroxyl groups excluding tert-OH is 3. The lowest BCUT2D eigenvalue weighted by molar-refractivity contribution is -0.298. The number of unbranched alkanes of at least 4 members (excludes halogenated alkanes) is 29. The van der Waals surface area contributed by atoms with Crippen LogP contribution in [0.2, 0.25) is 0 Å². The van der Waals surface area contributed by atoms with Crippen molar-refractivity contribution in [3.63, 3.8) is 0 Å². The Morgan fingerprint density at radius 3 is 1.27 bits per heavy atom. The number of carboxylic acid groups (broad SMARTS) is 1. The summed E-state index contributed by atoms with van der Waals surface area (Å²) in [5.41, 5.74) is 0. The second kappa shape index (κ2) is 44.9. The molecule has 4 N–H and O–H groups in total. The van der Waals surface area contributed by atoms with E-state index in [4.69, 9.17) is 18.9 Å². The monoisotopic (exact) mass is 935 g/mol. The van der Waals surface area contributed by atoms with Crippen LogP contribution in [0, 0.1) is 0 Å². The minimum Gasteiger partial charge on any atom is -0.479 e. The summed E-state index contributed by atoms with van der Waals surface area (Å²) in [6.45, 7) is 3.83. The van der Waals surface area contributed by atoms with Crippen molar-refractivity contribution in [1.29, 1.82) is 0 Å². The van der Waals surface area contributed by atoms with E-state index in [0.29, 0.717) is 12.8 Å². The topological polar surface area (TPSA) is 169 Å². The molecule has 1 fully saturated rings. The Balaban J connectivity index is 2.26. The van der Waals surface area contributed by atoms with Crippen LogP contribution in [-0.2, 0) is 33.3 Å². The molecule has 11 heteroatoms. The molecule has 0 amide bonds. The molecule has 0 radical (unpaired) electrons. The van der Waals surface area contributed by atoms with Gasteiger partial charge in [-0.05, 0) is 70.6 Å². The molecule has 0 saturated carbocycles. The van der Waals surface area contributed by atoms with Crippen molar-refractivity contribution in [2.24, 2.45) is 0 Å². The highest BCUT2D eigenvalue weighted by Gasteiger charge is 2.47. The van der Waals surface area contributed by atoms with Gasteiger partial charge in [-0.25, -0.2) is 4.79 Å². The van der Waals surface area contributed by atoms with Gasteiger partial charge in [0.1, 0.15) is 24.9 Å². The third kappa shape index (κ3) is 35.6. The van der Waals surface area contributed by atoms with Gasteiger partial charge in [-0.3, -0.25) is 9.59 Å². The molecule has 1 rings (SSSR count). The van der Waals surface area contributed by atoms with Gasteiger partial charge < -0.3 is 39.4 Å². The summed E-state index contributed by atoms with van der Waals surface area (Å²) >= 11 is 0. The number of carboxylic acids is 1. The van der Waals surface area contributed by atoms with Gasteiger partial charge in [-0.1, -0.05) is 198 Å². The molecular weight excluding hydrogens is 837 g/mol. The van der Waals surface area contributed by atoms with Gasteiger partial charge in [0.2, 0.25) is 0 Å². The molecule has 0 bridgehead atoms. The molecule has 6 atom stereocenters. The summed E-state index contributed by atoms with van der Waals surface area (Å²) in [7, 11) is 0. The number of allylic oxidation sites excluding steroid dienone is 6. The lowest BCUT2D eigenvalue weighted by Gasteiger charge is -2.38. The number of carbonyl (C=O) groups excluding carboxylic acids is 2. The fourth-order valence-electron chi connectivity index (χ4n) is 8.20. The van der Waals surface area contributed by atoms with Crippen molar-refractivity contribution < 1.29 is 53.8 Å². The molecule has 0 aliphatic carbocycles. The maximum absolute atomic E-state index is 12.8. The van der Waals surface area contributed by atoms with Gasteiger partial charge in [0.05, 0.1) is 6.61 Å². The van der Waals surface area contributed by atoms with Crippen LogP contribution >= 0.6 is 0 Å². The summed E-state index contributed by atoms with van der Waals surface area (Å²) in [6.07, 6.45) is 44.8. The number of aliphatic hydroxyl groups is 3. The molecule has 1 heterocycles. The fourth-order valence-corrected chi connectivity index (χ4v) is 8.20. The van der Waals surface area contributed by atoms with Gasteiger partial charge >= 0.3 is 17.9 Å². The van der Waals surface area contributed by atoms with Crippen LogP contribution < -0.4 is 0 Å². The third-order valence-electron chi connectivity index (χ3n) is 12.5. The van der Waals surface area contributed by atoms with Crippen molar-refractivity contribution in [3.05, 3.63) is 36.5 Å². The zero-order valence-corrected chi connectivity index (χ0v) is 41.9. The average molecular weight is 935 g/mol. The Bertz CT molecular complexity index is 1240. The van der Waals surface area contributed by atoms with Crippen molar-refractivity contribution in [2.45, 2.75) is 282 Å². The maximum Gasteiger partial charge on any atom is 0.335 e. The van der Waals surface area contributed by atoms with E-state index in [0.717, 1.165) is 51.4 Å². The highest BCUT2D eigenvalue weighted by Crippen LogP contribution is 2.23. The Kier molecular flexibility index (Phi) is 41.8. The lowest BCUT2D eigenvalue weighted by atomic mass is 9.99. The van der Waals surface area contributed by atoms with E-state index in [2.05, 4.69) is 50.3 Å². The predicted octanol–water partition coefficient (Wildman–Crippen LogP) is 13.1. The number of rotatable bonds is 46. The second-order valence-corrected chi connectivity index (χ2v) is 18.7. The molecular formula is C55H98O11. The average Bonchev–Trinajstić information content (AvgIpc) is 3.30. The lowest BCUT2D eigenvalue weighted by Crippen LogP contribution is -2.60. The van der Waals surface area contributed by atoms with Crippen LogP contribution in [0.15, 0.2) is 36.5 Å². The van der Waals surface area contributed by atoms with Crippen LogP contribution in [-0.4, -0.2) is 88.4 Å². The van der Waals surface area contributed by atoms with Gasteiger partial charge in [0.25, 0.3) is 0 Å². The number of hydrogen-bond acceptors (Lipinski definition) is 10. The first-order valence-electron chi connectivity index (χ1n) is 27.0. The minimum atomic E-state index is -1.86. The molecule has 1 saturated heterocycles. The summed E-state index contributed by atoms with van der Waals surface area (Å²) in [4.78, 5) is 37.0. The molecule has 11 nitrogen and oxygen atoms in total. The number of aliphatic carboxylic acids is 1. The summed E-state index contributed by atoms with van der Waals surface area (Å²) < 4.78 is 21.8. The van der Waals surface area contributed by atoms with Gasteiger partial charge in [0, 0.05) is 12.8 Å². The van der Waals surface area contributed by atoms with Crippen LogP contribution in [0.4, 0.5) is 0 Å². The van der Waals surface area contributed by atoms with E-state index in [1.165, 1.54) is 154 Å². The molecule has 0 aromatic heterocycles. The fraction of sp³-hybridized carbons (Fsp3) is 0.836. The molecule has 66 heavy (non-hydrogen) atoms. The summed E-state index contributed by atoms with van der Waals surface area (Å²) in [5, 5.41) is 40.0. The zero-order valence-electron chi connectivity index (χ0n) is 41.9. The molecule has 0 aromatic rings. The number of ether oxygens (including phenoxy) is 4. The first kappa shape index (κ1) is 61.4. The van der Waals surface area contributed by atoms with E-state index >= 15 is 0 Å². The second-order valence-electron chi connectivity index (χ2n) is 18.7. The Hall–Kier alpha value is -2.57. The van der Waals surface area contributed by atoms with E-state index < -0.39 is 54.7 Å². The largest absolute Gasteiger partial charge is 0.479 e. The van der Waals surface area contributed by atoms with E-state index in [1.807, 2.05) is 0 Å². The van der Waals surface area contributed by atoms with Crippen molar-refractivity contribution in [3.8, 4) is 0 Å². The van der Waals surface area contributed by atoms with Crippen LogP contribution in [0.1, 0.15) is 245 Å². The summed E-state index contributed by atoms with van der Waals surface area (Å²) in [6, 6.07) is 0. The van der Waals surface area contributed by atoms with E-state index in [1.54, 1.807) is 0 Å². The highest BCUT2D eigenvalue weighted by atomic mass is 16.7. The molecule has 0 spiro atoms. The molecule has 384 valence electrons. The molecule has 6 unspecified atom stereocenters. The highest BCUT2D eigenvalue weighted by molar-refractivity contribution is 5.73. The first-order valence-corrected chi connectivity index (χ1v) is 27.0. The Morgan fingerprint density at radius 1 is 0.470 bits per heavy atom. The van der Waals surface area contributed by atoms with Crippen LogP contribution in [0.25, 0.3) is 0 Å². The Morgan fingerprint density at radius 2 is 0.848 bits per heavy atom. The van der Waals surface area contributed by atoms with Gasteiger partial charge in [-0.2, -0.15) is 0 Å². The first-order chi connectivity index (χ1) is 32.2. The quantitative estimate of drug-likeness (QED) is 0.0260. The molecule has 1 aliphatic rings. The number of carbonyl (C=O) groups is 3. The summed E-state index contributed by atoms with van der Waals surface area (Å²) in [5.74, 6) is -2.44. The molecule has 0 aromatic carbocycles. The Labute approximate surface area is 401 Å². The predicted molar refractivity (Wildman–Crippen MR) is 266 cm³/mol. The van der Waals surface area contributed by atoms with Crippen molar-refractivity contribution in [2.75, 3.05) is 13.2 Å². The van der Waals surface area contributed by atoms with Gasteiger partial charge in [0.15, 0.2) is 18.5 Å². The third-order valence-corrected chi connectivity index (χ3v) is 12.5. The normalized spacial score (nSPS) is 19.3. The van der Waals surface area contributed by atoms with E-state index in [9.17, 15) is 34.8 Å². The van der Waals surface area contributed by atoms with Gasteiger partial charge in [-0.15, -0.1) is 0 Å². The van der Waals surface area contributed by atoms with E-state index in [-0.39, 0.29) is 26.1 Å². The van der Waals surface area contributed by atoms with Crippen LogP contribution in [0.5, 0.6) is 0 Å². The maximum atomic E-state index is 12.8. The SMILES string of the molecule is CCCCCCC/C=C\C/C=C\CCCCCCCCCCCCCC(=O)OCC(COC1OC(C(=O)O)C(O)C(O)C1O)OC(=O)CCCCCCCCC/C=C\CCCCCCCC. The standard InChI is InChI=1S/C55H98O11/c1-3-5-7-9-11-13-15-17-19-21-22-23-24-25-26-28-29-31-33-35-37-39-41-43-48(56)63-45-47(46-64-55-52(60)50(58)51(59)53(66-55)54(61)62)65-49(57)44-42-40-38-36-34-32-30-27-20-18-16-14-12-10-8-6-4-2/h15,17-18,20-22,47,50-53,55,58-60H,3-14,16,19,23-46H2,1-2H3,(H,61,62)/b17-15-,20-18-,22-21-. The zero-order chi connectivity index (χ0) is 48.1. The van der Waals surface area contributed by atoms with Crippen molar-refractivity contribution >= 4 is 17.9 Å². The molecule has 1 aliphatic heterocycles. The number of esters is 2. The minimum absolute atomic E-state index is 0.179. The van der Waals surface area contributed by atoms with Crippen molar-refractivity contribution in [1.82, 2.24) is 0 Å². The van der Waals surface area contributed by atoms with Crippen LogP contribution in [0.3, 0.4) is 0 Å².